The highest BCUT2D eigenvalue weighted by Gasteiger charge is 1.99. The van der Waals surface area contributed by atoms with Crippen LogP contribution in [-0.2, 0) is 11.1 Å². The third-order valence-corrected chi connectivity index (χ3v) is 0.875. The average Bonchev–Trinajstić information content (AvgIpc) is 1.27. The average molecular weight is 126 g/mol. The van der Waals surface area contributed by atoms with Gasteiger partial charge in [0.15, 0.2) is 17.4 Å². The lowest BCUT2D eigenvalue weighted by molar-refractivity contribution is -0.0200. The Labute approximate surface area is 43.1 Å². The minimum absolute atomic E-state index is 0.500. The van der Waals surface area contributed by atoms with Crippen molar-refractivity contribution in [2.24, 2.45) is 0 Å². The van der Waals surface area contributed by atoms with E-state index in [1.54, 1.807) is 0 Å². The Hall–Kier alpha value is 0.0300. The van der Waals surface area contributed by atoms with E-state index >= 15 is 0 Å². The molecule has 0 radical (unpaired) electrons. The smallest absolute Gasteiger partial charge is 0.165 e. The molecule has 7 heavy (non-hydrogen) atoms. The van der Waals surface area contributed by atoms with Crippen LogP contribution >= 0.6 is 0 Å². The van der Waals surface area contributed by atoms with Gasteiger partial charge >= 0.3 is 0 Å². The van der Waals surface area contributed by atoms with Gasteiger partial charge in [-0.25, -0.2) is 4.21 Å². The fraction of sp³-hybridized carbons (Fsp3) is 1.00. The van der Waals surface area contributed by atoms with Gasteiger partial charge in [-0.15, -0.1) is 0 Å². The van der Waals surface area contributed by atoms with E-state index in [2.05, 4.69) is 0 Å². The second-order valence-electron chi connectivity index (χ2n) is 0.969. The summed E-state index contributed by atoms with van der Waals surface area (Å²) in [6.07, 6.45) is -1.68. The first-order valence-electron chi connectivity index (χ1n) is 1.56. The van der Waals surface area contributed by atoms with Crippen molar-refractivity contribution in [2.75, 3.05) is 5.75 Å². The molecular weight excluding hydrogens is 120 g/mol. The van der Waals surface area contributed by atoms with Gasteiger partial charge in [-0.05, 0) is 0 Å². The third kappa shape index (κ3) is 6.03. The van der Waals surface area contributed by atoms with Crippen LogP contribution < -0.4 is 0 Å². The molecule has 0 aromatic heterocycles. The summed E-state index contributed by atoms with van der Waals surface area (Å²) in [5.74, 6) is -0.500. The van der Waals surface area contributed by atoms with Gasteiger partial charge in [-0.2, -0.15) is 0 Å². The van der Waals surface area contributed by atoms with Crippen molar-refractivity contribution in [1.29, 1.82) is 0 Å². The quantitative estimate of drug-likeness (QED) is 0.311. The van der Waals surface area contributed by atoms with E-state index in [0.717, 1.165) is 0 Å². The van der Waals surface area contributed by atoms with Crippen LogP contribution in [-0.4, -0.2) is 31.0 Å². The lowest BCUT2D eigenvalue weighted by atomic mass is 10.8. The summed E-state index contributed by atoms with van der Waals surface area (Å²) in [6.45, 7) is 0. The van der Waals surface area contributed by atoms with Crippen LogP contribution in [0.15, 0.2) is 0 Å². The van der Waals surface area contributed by atoms with Crippen molar-refractivity contribution in [3.05, 3.63) is 0 Å². The molecule has 1 atom stereocenters. The summed E-state index contributed by atoms with van der Waals surface area (Å²) in [6, 6.07) is 0. The van der Waals surface area contributed by atoms with Gasteiger partial charge in [0, 0.05) is 0 Å². The molecule has 4 nitrogen and oxygen atoms in total. The molecule has 0 amide bonds. The lowest BCUT2D eigenvalue weighted by Crippen LogP contribution is -2.14. The molecule has 0 heterocycles. The Bertz CT molecular complexity index is 70.1. The van der Waals surface area contributed by atoms with E-state index in [1.165, 1.54) is 0 Å². The monoisotopic (exact) mass is 126 g/mol. The maximum absolute atomic E-state index is 9.60. The van der Waals surface area contributed by atoms with Crippen LogP contribution in [0.3, 0.4) is 0 Å². The first kappa shape index (κ1) is 7.03. The van der Waals surface area contributed by atoms with Crippen molar-refractivity contribution < 1.29 is 19.0 Å². The van der Waals surface area contributed by atoms with Gasteiger partial charge in [-0.3, -0.25) is 0 Å². The number of aliphatic hydroxyl groups excluding tert-OH is 1. The van der Waals surface area contributed by atoms with Gasteiger partial charge in [0.2, 0.25) is 0 Å². The van der Waals surface area contributed by atoms with E-state index < -0.39 is 23.1 Å². The highest BCUT2D eigenvalue weighted by molar-refractivity contribution is 7.79. The number of hydrogen-bond acceptors (Lipinski definition) is 3. The molecule has 5 heteroatoms. The van der Waals surface area contributed by atoms with E-state index in [0.29, 0.717) is 0 Å². The zero-order chi connectivity index (χ0) is 5.86. The molecule has 1 unspecified atom stereocenters. The van der Waals surface area contributed by atoms with Crippen molar-refractivity contribution in [3.8, 4) is 0 Å². The SMILES string of the molecule is O=S(O)CC(O)O. The largest absolute Gasteiger partial charge is 0.367 e. The molecule has 0 saturated heterocycles. The van der Waals surface area contributed by atoms with Crippen molar-refractivity contribution >= 4 is 11.1 Å². The molecule has 0 aliphatic carbocycles. The van der Waals surface area contributed by atoms with Crippen LogP contribution in [0.25, 0.3) is 0 Å². The number of rotatable bonds is 2. The Morgan fingerprint density at radius 3 is 2.00 bits per heavy atom. The minimum atomic E-state index is -2.10. The summed E-state index contributed by atoms with van der Waals surface area (Å²) < 4.78 is 17.5. The fourth-order valence-electron chi connectivity index (χ4n) is 0.128. The highest BCUT2D eigenvalue weighted by Crippen LogP contribution is 1.77. The minimum Gasteiger partial charge on any atom is -0.367 e. The van der Waals surface area contributed by atoms with Crippen molar-refractivity contribution in [3.63, 3.8) is 0 Å². The number of aliphatic hydroxyl groups is 2. The molecule has 3 N–H and O–H groups in total. The van der Waals surface area contributed by atoms with Crippen LogP contribution in [0, 0.1) is 0 Å². The molecule has 44 valence electrons. The summed E-state index contributed by atoms with van der Waals surface area (Å²) in [7, 11) is 0. The van der Waals surface area contributed by atoms with Crippen LogP contribution in [0.1, 0.15) is 0 Å². The standard InChI is InChI=1S/C2H6O4S/c3-2(4)1-7(5)6/h2-4H,1H2,(H,5,6). The lowest BCUT2D eigenvalue weighted by Gasteiger charge is -1.94. The maximum atomic E-state index is 9.60. The topological polar surface area (TPSA) is 77.8 Å². The van der Waals surface area contributed by atoms with Crippen molar-refractivity contribution in [1.82, 2.24) is 0 Å². The second-order valence-corrected chi connectivity index (χ2v) is 1.95. The van der Waals surface area contributed by atoms with Gasteiger partial charge in [0.05, 0.1) is 5.75 Å². The van der Waals surface area contributed by atoms with E-state index in [9.17, 15) is 4.21 Å². The van der Waals surface area contributed by atoms with Crippen molar-refractivity contribution in [2.45, 2.75) is 6.29 Å². The molecule has 0 aromatic carbocycles. The molecule has 0 aromatic rings. The molecule has 0 aliphatic rings. The number of hydrogen-bond donors (Lipinski definition) is 3. The predicted octanol–water partition coefficient (Wildman–Crippen LogP) is -1.48. The van der Waals surface area contributed by atoms with Gasteiger partial charge < -0.3 is 14.8 Å². The Morgan fingerprint density at radius 1 is 1.57 bits per heavy atom. The Balaban J connectivity index is 3.13. The second kappa shape index (κ2) is 3.09. The molecule has 0 saturated carbocycles. The zero-order valence-electron chi connectivity index (χ0n) is 3.44. The summed E-state index contributed by atoms with van der Waals surface area (Å²) >= 11 is -2.10. The van der Waals surface area contributed by atoms with Crippen LogP contribution in [0.2, 0.25) is 0 Å². The third-order valence-electron chi connectivity index (χ3n) is 0.292. The van der Waals surface area contributed by atoms with E-state index in [4.69, 9.17) is 14.8 Å². The van der Waals surface area contributed by atoms with Gasteiger partial charge in [0.25, 0.3) is 0 Å². The summed E-state index contributed by atoms with van der Waals surface area (Å²) in [5.41, 5.74) is 0. The van der Waals surface area contributed by atoms with Crippen LogP contribution in [0.5, 0.6) is 0 Å². The van der Waals surface area contributed by atoms with Gasteiger partial charge in [0.1, 0.15) is 0 Å². The summed E-state index contributed by atoms with van der Waals surface area (Å²) in [5, 5.41) is 15.9. The first-order chi connectivity index (χ1) is 3.13. The van der Waals surface area contributed by atoms with Gasteiger partial charge in [-0.1, -0.05) is 0 Å². The normalized spacial score (nSPS) is 14.9. The first-order valence-corrected chi connectivity index (χ1v) is 2.84. The molecule has 0 rings (SSSR count). The Kier molecular flexibility index (Phi) is 3.10. The molecule has 0 aliphatic heterocycles. The highest BCUT2D eigenvalue weighted by atomic mass is 32.2. The molecule has 0 fully saturated rings. The fourth-order valence-corrected chi connectivity index (χ4v) is 0.383. The van der Waals surface area contributed by atoms with Crippen LogP contribution in [0.4, 0.5) is 0 Å². The summed E-state index contributed by atoms with van der Waals surface area (Å²) in [4.78, 5) is 0. The predicted molar refractivity (Wildman–Crippen MR) is 23.9 cm³/mol. The maximum Gasteiger partial charge on any atom is 0.165 e. The zero-order valence-corrected chi connectivity index (χ0v) is 4.26. The van der Waals surface area contributed by atoms with E-state index in [1.807, 2.05) is 0 Å². The molecular formula is C2H6O4S. The van der Waals surface area contributed by atoms with E-state index in [-0.39, 0.29) is 0 Å². The molecule has 0 spiro atoms. The molecule has 0 bridgehead atoms. The Morgan fingerprint density at radius 2 is 2.00 bits per heavy atom.